The van der Waals surface area contributed by atoms with Gasteiger partial charge in [-0.1, -0.05) is 48.0 Å². The van der Waals surface area contributed by atoms with Gasteiger partial charge in [-0.25, -0.2) is 16.8 Å². The summed E-state index contributed by atoms with van der Waals surface area (Å²) in [5.74, 6) is 0.711. The number of carboxylic acid groups (broad SMARTS) is 2. The number of hydrogen-bond acceptors (Lipinski definition) is 10. The van der Waals surface area contributed by atoms with Crippen LogP contribution in [-0.2, 0) is 42.5 Å². The van der Waals surface area contributed by atoms with Crippen LogP contribution in [0.15, 0.2) is 126 Å². The Morgan fingerprint density at radius 1 is 0.552 bits per heavy atom. The highest BCUT2D eigenvalue weighted by Gasteiger charge is 2.14. The highest BCUT2D eigenvalue weighted by atomic mass is 35.5. The van der Waals surface area contributed by atoms with Gasteiger partial charge in [-0.2, -0.15) is 0 Å². The standard InChI is InChI=1S/C23H22ClNO6S.C18H21NO6S/c24-18-6-12-21(13-7-18)32(28,29)25-19-8-10-20(11-9-19)30-15-16-31-22-4-2-1-3-17(22)5-14-23(26)27;1-26(22,23)19-15-7-9-16(10-8-15)24-12-13-25-17-5-3-2-4-14(17)6-11-18(20)21/h1-4,6-13,25H,5,14-16H2,(H,26,27);2-5,7-10,19H,6,11-13H2,1H3,(H,20,21). The highest BCUT2D eigenvalue weighted by molar-refractivity contribution is 7.92. The molecular weight excluding hydrogens is 812 g/mol. The topological polar surface area (TPSA) is 204 Å². The minimum absolute atomic E-state index is 0.0327. The Bertz CT molecular complexity index is 2310. The Balaban J connectivity index is 0.000000262. The third-order valence-corrected chi connectivity index (χ3v) is 10.0. The molecule has 308 valence electrons. The number of rotatable bonds is 21. The molecule has 14 nitrogen and oxygen atoms in total. The molecule has 0 heterocycles. The van der Waals surface area contributed by atoms with Crippen LogP contribution in [0.5, 0.6) is 23.0 Å². The Morgan fingerprint density at radius 3 is 1.36 bits per heavy atom. The quantitative estimate of drug-likeness (QED) is 0.0544. The number of carboxylic acids is 2. The number of ether oxygens (including phenoxy) is 4. The van der Waals surface area contributed by atoms with E-state index in [4.69, 9.17) is 40.8 Å². The number of aliphatic carboxylic acids is 2. The van der Waals surface area contributed by atoms with E-state index in [1.54, 1.807) is 60.7 Å². The third kappa shape index (κ3) is 16.3. The van der Waals surface area contributed by atoms with Crippen LogP contribution in [0.1, 0.15) is 24.0 Å². The molecule has 0 aliphatic carbocycles. The minimum atomic E-state index is -3.72. The van der Waals surface area contributed by atoms with Gasteiger partial charge in [-0.3, -0.25) is 19.0 Å². The smallest absolute Gasteiger partial charge is 0.303 e. The number of para-hydroxylation sites is 2. The lowest BCUT2D eigenvalue weighted by Crippen LogP contribution is -2.13. The number of hydrogen-bond donors (Lipinski definition) is 4. The van der Waals surface area contributed by atoms with Crippen molar-refractivity contribution in [2.75, 3.05) is 42.1 Å². The summed E-state index contributed by atoms with van der Waals surface area (Å²) in [5, 5.41) is 18.1. The van der Waals surface area contributed by atoms with Gasteiger partial charge in [0, 0.05) is 29.2 Å². The van der Waals surface area contributed by atoms with Gasteiger partial charge in [-0.05, 0) is 109 Å². The largest absolute Gasteiger partial charge is 0.490 e. The van der Waals surface area contributed by atoms with Crippen molar-refractivity contribution in [3.8, 4) is 23.0 Å². The molecular formula is C41H43ClN2O12S2. The van der Waals surface area contributed by atoms with Crippen molar-refractivity contribution in [3.05, 3.63) is 137 Å². The summed E-state index contributed by atoms with van der Waals surface area (Å²) < 4.78 is 74.6. The van der Waals surface area contributed by atoms with Gasteiger partial charge >= 0.3 is 11.9 Å². The van der Waals surface area contributed by atoms with Crippen molar-refractivity contribution in [2.45, 2.75) is 30.6 Å². The van der Waals surface area contributed by atoms with E-state index in [0.717, 1.165) is 17.4 Å². The lowest BCUT2D eigenvalue weighted by Gasteiger charge is -2.12. The molecule has 17 heteroatoms. The number of carbonyl (C=O) groups is 2. The first-order valence-corrected chi connectivity index (χ1v) is 21.5. The monoisotopic (exact) mass is 854 g/mol. The van der Waals surface area contributed by atoms with E-state index in [0.29, 0.717) is 65.5 Å². The maximum absolute atomic E-state index is 12.4. The molecule has 0 saturated heterocycles. The average molecular weight is 855 g/mol. The molecule has 0 spiro atoms. The molecule has 0 aliphatic heterocycles. The number of halogens is 1. The highest BCUT2D eigenvalue weighted by Crippen LogP contribution is 2.23. The molecule has 5 aromatic carbocycles. The van der Waals surface area contributed by atoms with E-state index >= 15 is 0 Å². The second-order valence-corrected chi connectivity index (χ2v) is 16.2. The van der Waals surface area contributed by atoms with Crippen molar-refractivity contribution < 1.29 is 55.6 Å². The fourth-order valence-electron chi connectivity index (χ4n) is 5.09. The molecule has 5 rings (SSSR count). The van der Waals surface area contributed by atoms with Crippen LogP contribution in [0, 0.1) is 0 Å². The lowest BCUT2D eigenvalue weighted by molar-refractivity contribution is -0.138. The van der Waals surface area contributed by atoms with Crippen LogP contribution in [0.2, 0.25) is 5.02 Å². The molecule has 5 aromatic rings. The zero-order valence-electron chi connectivity index (χ0n) is 31.4. The Hall–Kier alpha value is -5.97. The summed E-state index contributed by atoms with van der Waals surface area (Å²) in [7, 11) is -7.02. The van der Waals surface area contributed by atoms with E-state index in [2.05, 4.69) is 9.44 Å². The van der Waals surface area contributed by atoms with Crippen molar-refractivity contribution in [1.82, 2.24) is 0 Å². The summed E-state index contributed by atoms with van der Waals surface area (Å²) in [6, 6.07) is 33.5. The maximum Gasteiger partial charge on any atom is 0.303 e. The van der Waals surface area contributed by atoms with E-state index in [-0.39, 0.29) is 31.0 Å². The summed E-state index contributed by atoms with van der Waals surface area (Å²) in [5.41, 5.74) is 2.53. The molecule has 0 atom stereocenters. The molecule has 0 amide bonds. The van der Waals surface area contributed by atoms with Gasteiger partial charge in [0.05, 0.1) is 11.2 Å². The summed E-state index contributed by atoms with van der Waals surface area (Å²) in [6.07, 6.45) is 1.96. The van der Waals surface area contributed by atoms with Crippen LogP contribution < -0.4 is 28.4 Å². The predicted molar refractivity (Wildman–Crippen MR) is 220 cm³/mol. The Morgan fingerprint density at radius 2 is 0.948 bits per heavy atom. The Kier molecular flexibility index (Phi) is 17.0. The first-order chi connectivity index (χ1) is 27.7. The molecule has 0 unspecified atom stereocenters. The molecule has 0 aromatic heterocycles. The zero-order valence-corrected chi connectivity index (χ0v) is 33.8. The van der Waals surface area contributed by atoms with Gasteiger partial charge in [0.25, 0.3) is 10.0 Å². The van der Waals surface area contributed by atoms with Gasteiger partial charge in [0.2, 0.25) is 10.0 Å². The van der Waals surface area contributed by atoms with Gasteiger partial charge in [-0.15, -0.1) is 0 Å². The Labute approximate surface area is 342 Å². The lowest BCUT2D eigenvalue weighted by atomic mass is 10.1. The number of sulfonamides is 2. The van der Waals surface area contributed by atoms with Crippen molar-refractivity contribution >= 4 is 55.0 Å². The van der Waals surface area contributed by atoms with E-state index in [9.17, 15) is 26.4 Å². The predicted octanol–water partition coefficient (Wildman–Crippen LogP) is 7.15. The van der Waals surface area contributed by atoms with Crippen LogP contribution in [0.25, 0.3) is 0 Å². The average Bonchev–Trinajstić information content (AvgIpc) is 3.18. The van der Waals surface area contributed by atoms with Crippen molar-refractivity contribution in [2.24, 2.45) is 0 Å². The summed E-state index contributed by atoms with van der Waals surface area (Å²) in [6.45, 7) is 1.14. The van der Waals surface area contributed by atoms with Crippen LogP contribution >= 0.6 is 11.6 Å². The summed E-state index contributed by atoms with van der Waals surface area (Å²) in [4.78, 5) is 21.6. The second-order valence-electron chi connectivity index (χ2n) is 12.4. The van der Waals surface area contributed by atoms with E-state index in [1.807, 2.05) is 36.4 Å². The van der Waals surface area contributed by atoms with Crippen LogP contribution in [-0.4, -0.2) is 71.7 Å². The molecule has 0 aliphatic rings. The van der Waals surface area contributed by atoms with E-state index < -0.39 is 32.0 Å². The van der Waals surface area contributed by atoms with Crippen LogP contribution in [0.3, 0.4) is 0 Å². The fraction of sp³-hybridized carbons (Fsp3) is 0.220. The number of aryl methyl sites for hydroxylation is 2. The maximum atomic E-state index is 12.4. The fourth-order valence-corrected chi connectivity index (χ4v) is 6.84. The van der Waals surface area contributed by atoms with Crippen molar-refractivity contribution in [1.29, 1.82) is 0 Å². The molecule has 0 radical (unpaired) electrons. The molecule has 0 bridgehead atoms. The normalized spacial score (nSPS) is 11.0. The van der Waals surface area contributed by atoms with Crippen molar-refractivity contribution in [3.63, 3.8) is 0 Å². The first kappa shape index (κ1) is 44.7. The van der Waals surface area contributed by atoms with Gasteiger partial charge in [0.15, 0.2) is 0 Å². The molecule has 0 fully saturated rings. The first-order valence-electron chi connectivity index (χ1n) is 17.7. The van der Waals surface area contributed by atoms with E-state index in [1.165, 1.54) is 24.3 Å². The van der Waals surface area contributed by atoms with Gasteiger partial charge in [0.1, 0.15) is 49.4 Å². The summed E-state index contributed by atoms with van der Waals surface area (Å²) >= 11 is 5.80. The molecule has 4 N–H and O–H groups in total. The number of benzene rings is 5. The van der Waals surface area contributed by atoms with Gasteiger partial charge < -0.3 is 29.2 Å². The molecule has 58 heavy (non-hydrogen) atoms. The molecule has 0 saturated carbocycles. The van der Waals surface area contributed by atoms with Crippen LogP contribution in [0.4, 0.5) is 11.4 Å². The zero-order chi connectivity index (χ0) is 42.0. The number of nitrogens with one attached hydrogen (secondary N) is 2. The minimum Gasteiger partial charge on any atom is -0.490 e. The third-order valence-electron chi connectivity index (χ3n) is 7.77. The second kappa shape index (κ2) is 22.1. The number of anilines is 2. The SMILES string of the molecule is CS(=O)(=O)Nc1ccc(OCCOc2ccccc2CCC(=O)O)cc1.O=C(O)CCc1ccccc1OCCOc1ccc(NS(=O)(=O)c2ccc(Cl)cc2)cc1.